The van der Waals surface area contributed by atoms with Crippen molar-refractivity contribution in [1.82, 2.24) is 16.0 Å². The number of hydrogen-bond donors (Lipinski definition) is 6. The summed E-state index contributed by atoms with van der Waals surface area (Å²) in [4.78, 5) is 48.5. The third kappa shape index (κ3) is 7.11. The third-order valence-corrected chi connectivity index (χ3v) is 6.70. The molecule has 0 saturated carbocycles. The molecule has 10 nitrogen and oxygen atoms in total. The van der Waals surface area contributed by atoms with E-state index in [1.165, 1.54) is 40.6 Å². The SMILES string of the molecule is C[C@@H]1NC(=O)[C@@H](NC(=O)[C@@H](N)Cc2ccc(O)cc2)CSSC[C@@H](C(=O)O)NC1=O. The standard InChI is InChI=1S/C18H24N4O6S2/c1-9-15(24)22-14(18(27)28)8-30-29-7-13(17(26)20-9)21-16(25)12(19)6-10-2-4-11(23)5-3-10/h2-5,9,12-14,23H,6-8,19H2,1H3,(H,20,26)(H,21,25)(H,22,24)(H,27,28)/t9-,12-,13-,14-/m0/s1. The number of aromatic hydroxyl groups is 1. The minimum Gasteiger partial charge on any atom is -0.508 e. The Morgan fingerprint density at radius 3 is 2.43 bits per heavy atom. The molecule has 0 bridgehead atoms. The Labute approximate surface area is 181 Å². The van der Waals surface area contributed by atoms with E-state index in [4.69, 9.17) is 5.73 Å². The van der Waals surface area contributed by atoms with Gasteiger partial charge < -0.3 is 31.9 Å². The molecule has 30 heavy (non-hydrogen) atoms. The number of nitrogens with two attached hydrogens (primary N) is 1. The second-order valence-corrected chi connectivity index (χ2v) is 9.29. The van der Waals surface area contributed by atoms with Gasteiger partial charge in [0.15, 0.2) is 0 Å². The van der Waals surface area contributed by atoms with Crippen LogP contribution in [0.3, 0.4) is 0 Å². The van der Waals surface area contributed by atoms with Crippen LogP contribution in [0, 0.1) is 0 Å². The first-order chi connectivity index (χ1) is 14.2. The number of hydrogen-bond acceptors (Lipinski definition) is 8. The smallest absolute Gasteiger partial charge is 0.327 e. The highest BCUT2D eigenvalue weighted by Gasteiger charge is 2.30. The van der Waals surface area contributed by atoms with Gasteiger partial charge in [-0.25, -0.2) is 4.79 Å². The van der Waals surface area contributed by atoms with Gasteiger partial charge in [0.2, 0.25) is 17.7 Å². The topological polar surface area (TPSA) is 171 Å². The molecule has 0 radical (unpaired) electrons. The molecular weight excluding hydrogens is 432 g/mol. The normalized spacial score (nSPS) is 24.0. The minimum atomic E-state index is -1.17. The molecule has 1 fully saturated rings. The van der Waals surface area contributed by atoms with Crippen molar-refractivity contribution in [3.05, 3.63) is 29.8 Å². The van der Waals surface area contributed by atoms with Crippen LogP contribution in [-0.2, 0) is 25.6 Å². The number of carboxylic acid groups (broad SMARTS) is 1. The molecule has 0 spiro atoms. The zero-order valence-electron chi connectivity index (χ0n) is 16.2. The van der Waals surface area contributed by atoms with Crippen molar-refractivity contribution in [1.29, 1.82) is 0 Å². The van der Waals surface area contributed by atoms with Gasteiger partial charge in [-0.15, -0.1) is 0 Å². The number of nitrogens with one attached hydrogen (secondary N) is 3. The largest absolute Gasteiger partial charge is 0.508 e. The van der Waals surface area contributed by atoms with Crippen LogP contribution in [-0.4, -0.2) is 69.6 Å². The molecule has 7 N–H and O–H groups in total. The van der Waals surface area contributed by atoms with E-state index in [2.05, 4.69) is 16.0 Å². The number of aliphatic carboxylic acids is 1. The summed E-state index contributed by atoms with van der Waals surface area (Å²) in [7, 11) is 2.39. The van der Waals surface area contributed by atoms with Gasteiger partial charge in [-0.05, 0) is 31.0 Å². The lowest BCUT2D eigenvalue weighted by atomic mass is 10.1. The predicted molar refractivity (Wildman–Crippen MR) is 114 cm³/mol. The van der Waals surface area contributed by atoms with Crippen molar-refractivity contribution in [2.45, 2.75) is 37.5 Å². The van der Waals surface area contributed by atoms with Gasteiger partial charge in [0, 0.05) is 11.5 Å². The first kappa shape index (κ1) is 23.8. The Kier molecular flexibility index (Phi) is 8.81. The van der Waals surface area contributed by atoms with E-state index >= 15 is 0 Å². The number of benzene rings is 1. The molecule has 12 heteroatoms. The summed E-state index contributed by atoms with van der Waals surface area (Å²) in [6.07, 6.45) is 0.210. The lowest BCUT2D eigenvalue weighted by Gasteiger charge is -2.22. The van der Waals surface area contributed by atoms with Crippen LogP contribution in [0.5, 0.6) is 5.75 Å². The molecule has 1 aliphatic rings. The molecule has 1 aromatic rings. The van der Waals surface area contributed by atoms with E-state index in [1.54, 1.807) is 12.1 Å². The van der Waals surface area contributed by atoms with Gasteiger partial charge in [-0.2, -0.15) is 0 Å². The average molecular weight is 457 g/mol. The van der Waals surface area contributed by atoms with E-state index < -0.39 is 47.9 Å². The lowest BCUT2D eigenvalue weighted by Crippen LogP contribution is -2.57. The number of carboxylic acids is 1. The van der Waals surface area contributed by atoms with Crippen molar-refractivity contribution in [2.75, 3.05) is 11.5 Å². The Morgan fingerprint density at radius 1 is 1.17 bits per heavy atom. The summed E-state index contributed by atoms with van der Waals surface area (Å²) >= 11 is 0. The molecule has 0 aromatic heterocycles. The van der Waals surface area contributed by atoms with E-state index in [1.807, 2.05) is 0 Å². The zero-order valence-corrected chi connectivity index (χ0v) is 17.8. The maximum atomic E-state index is 12.6. The van der Waals surface area contributed by atoms with Crippen molar-refractivity contribution in [2.24, 2.45) is 5.73 Å². The fourth-order valence-electron chi connectivity index (χ4n) is 2.52. The molecule has 3 amide bonds. The van der Waals surface area contributed by atoms with Crippen LogP contribution in [0.2, 0.25) is 0 Å². The Bertz CT molecular complexity index is 791. The fourth-order valence-corrected chi connectivity index (χ4v) is 4.84. The van der Waals surface area contributed by atoms with Crippen molar-refractivity contribution in [3.8, 4) is 5.75 Å². The monoisotopic (exact) mass is 456 g/mol. The van der Waals surface area contributed by atoms with Gasteiger partial charge >= 0.3 is 5.97 Å². The first-order valence-corrected chi connectivity index (χ1v) is 11.6. The maximum Gasteiger partial charge on any atom is 0.327 e. The maximum absolute atomic E-state index is 12.6. The summed E-state index contributed by atoms with van der Waals surface area (Å²) < 4.78 is 0. The third-order valence-electron chi connectivity index (χ3n) is 4.28. The van der Waals surface area contributed by atoms with Gasteiger partial charge in [-0.3, -0.25) is 14.4 Å². The number of phenolic OH excluding ortho intramolecular Hbond substituents is 1. The second kappa shape index (κ2) is 11.1. The van der Waals surface area contributed by atoms with Crippen molar-refractivity contribution in [3.63, 3.8) is 0 Å². The number of phenols is 1. The van der Waals surface area contributed by atoms with Crippen LogP contribution in [0.1, 0.15) is 12.5 Å². The van der Waals surface area contributed by atoms with Crippen molar-refractivity contribution >= 4 is 45.3 Å². The summed E-state index contributed by atoms with van der Waals surface area (Å²) in [5, 5.41) is 26.0. The Morgan fingerprint density at radius 2 is 1.80 bits per heavy atom. The molecule has 164 valence electrons. The molecule has 1 aromatic carbocycles. The summed E-state index contributed by atoms with van der Waals surface area (Å²) in [6.45, 7) is 1.43. The van der Waals surface area contributed by atoms with Gasteiger partial charge in [0.25, 0.3) is 0 Å². The van der Waals surface area contributed by atoms with Crippen LogP contribution in [0.4, 0.5) is 0 Å². The number of amides is 3. The number of rotatable bonds is 5. The molecular formula is C18H24N4O6S2. The number of carbonyl (C=O) groups excluding carboxylic acids is 3. The lowest BCUT2D eigenvalue weighted by molar-refractivity contribution is -0.141. The molecule has 1 aliphatic heterocycles. The molecule has 1 saturated heterocycles. The average Bonchev–Trinajstić information content (AvgIpc) is 2.71. The highest BCUT2D eigenvalue weighted by atomic mass is 33.1. The van der Waals surface area contributed by atoms with Crippen LogP contribution in [0.25, 0.3) is 0 Å². The van der Waals surface area contributed by atoms with E-state index in [9.17, 15) is 29.4 Å². The van der Waals surface area contributed by atoms with Crippen LogP contribution in [0.15, 0.2) is 24.3 Å². The Hall–Kier alpha value is -2.44. The predicted octanol–water partition coefficient (Wildman–Crippen LogP) is -0.784. The summed E-state index contributed by atoms with van der Waals surface area (Å²) in [6, 6.07) is 2.34. The van der Waals surface area contributed by atoms with E-state index in [-0.39, 0.29) is 23.7 Å². The Balaban J connectivity index is 2.02. The second-order valence-electron chi connectivity index (χ2n) is 6.74. The van der Waals surface area contributed by atoms with Crippen LogP contribution < -0.4 is 21.7 Å². The molecule has 2 rings (SSSR count). The van der Waals surface area contributed by atoms with E-state index in [0.29, 0.717) is 0 Å². The zero-order chi connectivity index (χ0) is 22.3. The molecule has 1 heterocycles. The van der Waals surface area contributed by atoms with E-state index in [0.717, 1.165) is 5.56 Å². The molecule has 0 aliphatic carbocycles. The number of carbonyl (C=O) groups is 4. The highest BCUT2D eigenvalue weighted by molar-refractivity contribution is 8.76. The summed E-state index contributed by atoms with van der Waals surface area (Å²) in [5.74, 6) is -2.52. The summed E-state index contributed by atoms with van der Waals surface area (Å²) in [5.41, 5.74) is 6.70. The minimum absolute atomic E-state index is 0.101. The van der Waals surface area contributed by atoms with Gasteiger partial charge in [-0.1, -0.05) is 33.7 Å². The van der Waals surface area contributed by atoms with Crippen molar-refractivity contribution < 1.29 is 29.4 Å². The first-order valence-electron chi connectivity index (χ1n) is 9.09. The molecule has 4 atom stereocenters. The quantitative estimate of drug-likeness (QED) is 0.311. The highest BCUT2D eigenvalue weighted by Crippen LogP contribution is 2.23. The fraction of sp³-hybridized carbons (Fsp3) is 0.444. The van der Waals surface area contributed by atoms with Gasteiger partial charge in [0.1, 0.15) is 23.9 Å². The van der Waals surface area contributed by atoms with Gasteiger partial charge in [0.05, 0.1) is 6.04 Å². The molecule has 0 unspecified atom stereocenters. The van der Waals surface area contributed by atoms with Crippen LogP contribution >= 0.6 is 21.6 Å².